The Bertz CT molecular complexity index is 483. The van der Waals surface area contributed by atoms with Crippen LogP contribution in [0.15, 0.2) is 18.3 Å². The van der Waals surface area contributed by atoms with Gasteiger partial charge in [0.1, 0.15) is 6.20 Å². The zero-order valence-corrected chi connectivity index (χ0v) is 10.9. The molecule has 5 rings (SSSR count). The highest BCUT2D eigenvalue weighted by atomic mass is 16.6. The second kappa shape index (κ2) is 4.02. The van der Waals surface area contributed by atoms with E-state index >= 15 is 0 Å². The standard InChI is InChI=1S/C15H18N2O2/c18-17(19)13-1-2-14(16-8-13)15-11-4-9-3-10(6-11)7-12(15)5-9/h1-2,8-12,15H,3-7H2. The molecule has 0 aliphatic heterocycles. The Hall–Kier alpha value is -1.45. The molecule has 4 heteroatoms. The first kappa shape index (κ1) is 11.4. The highest BCUT2D eigenvalue weighted by Crippen LogP contribution is 2.59. The van der Waals surface area contributed by atoms with E-state index in [1.54, 1.807) is 6.07 Å². The van der Waals surface area contributed by atoms with E-state index in [1.165, 1.54) is 38.3 Å². The molecule has 0 amide bonds. The lowest BCUT2D eigenvalue weighted by Crippen LogP contribution is -2.44. The van der Waals surface area contributed by atoms with Gasteiger partial charge in [0.2, 0.25) is 0 Å². The maximum atomic E-state index is 10.7. The Balaban J connectivity index is 1.63. The van der Waals surface area contributed by atoms with Gasteiger partial charge in [-0.2, -0.15) is 0 Å². The highest BCUT2D eigenvalue weighted by molar-refractivity contribution is 5.29. The molecule has 4 fully saturated rings. The van der Waals surface area contributed by atoms with Crippen LogP contribution in [-0.2, 0) is 0 Å². The predicted molar refractivity (Wildman–Crippen MR) is 70.7 cm³/mol. The van der Waals surface area contributed by atoms with E-state index in [0.29, 0.717) is 5.92 Å². The van der Waals surface area contributed by atoms with Crippen LogP contribution in [0.4, 0.5) is 5.69 Å². The van der Waals surface area contributed by atoms with Crippen LogP contribution in [-0.4, -0.2) is 9.91 Å². The Kier molecular flexibility index (Phi) is 2.41. The molecule has 4 aliphatic carbocycles. The Morgan fingerprint density at radius 2 is 1.68 bits per heavy atom. The Morgan fingerprint density at radius 1 is 1.05 bits per heavy atom. The normalized spacial score (nSPS) is 39.5. The number of aromatic nitrogens is 1. The summed E-state index contributed by atoms with van der Waals surface area (Å²) in [5.41, 5.74) is 1.20. The summed E-state index contributed by atoms with van der Waals surface area (Å²) in [4.78, 5) is 14.7. The van der Waals surface area contributed by atoms with Crippen molar-refractivity contribution in [3.05, 3.63) is 34.1 Å². The van der Waals surface area contributed by atoms with E-state index < -0.39 is 0 Å². The summed E-state index contributed by atoms with van der Waals surface area (Å²) in [5.74, 6) is 4.04. The van der Waals surface area contributed by atoms with Crippen molar-refractivity contribution in [1.82, 2.24) is 4.98 Å². The molecule has 0 atom stereocenters. The predicted octanol–water partition coefficient (Wildman–Crippen LogP) is 3.53. The second-order valence-corrected chi connectivity index (χ2v) is 6.65. The molecule has 4 bridgehead atoms. The first-order chi connectivity index (χ1) is 9.20. The van der Waals surface area contributed by atoms with Crippen LogP contribution in [0.3, 0.4) is 0 Å². The van der Waals surface area contributed by atoms with E-state index in [1.807, 2.05) is 6.07 Å². The van der Waals surface area contributed by atoms with E-state index in [2.05, 4.69) is 4.98 Å². The van der Waals surface area contributed by atoms with Gasteiger partial charge < -0.3 is 0 Å². The van der Waals surface area contributed by atoms with Crippen molar-refractivity contribution >= 4 is 5.69 Å². The van der Waals surface area contributed by atoms with Crippen LogP contribution in [0.5, 0.6) is 0 Å². The number of rotatable bonds is 2. The van der Waals surface area contributed by atoms with Crippen molar-refractivity contribution in [3.63, 3.8) is 0 Å². The number of nitrogens with zero attached hydrogens (tertiary/aromatic N) is 2. The fraction of sp³-hybridized carbons (Fsp3) is 0.667. The lowest BCUT2D eigenvalue weighted by atomic mass is 9.51. The lowest BCUT2D eigenvalue weighted by Gasteiger charge is -2.54. The molecule has 4 aliphatic rings. The minimum atomic E-state index is -0.367. The quantitative estimate of drug-likeness (QED) is 0.602. The fourth-order valence-electron chi connectivity index (χ4n) is 5.11. The minimum absolute atomic E-state index is 0.104. The van der Waals surface area contributed by atoms with Gasteiger partial charge >= 0.3 is 0 Å². The van der Waals surface area contributed by atoms with Crippen LogP contribution >= 0.6 is 0 Å². The number of pyridine rings is 1. The molecule has 0 N–H and O–H groups in total. The molecule has 4 saturated carbocycles. The summed E-state index contributed by atoms with van der Waals surface area (Å²) in [5, 5.41) is 10.7. The molecule has 19 heavy (non-hydrogen) atoms. The lowest BCUT2D eigenvalue weighted by molar-refractivity contribution is -0.385. The zero-order chi connectivity index (χ0) is 13.0. The second-order valence-electron chi connectivity index (χ2n) is 6.65. The molecule has 0 spiro atoms. The van der Waals surface area contributed by atoms with Crippen LogP contribution in [0.1, 0.15) is 43.7 Å². The van der Waals surface area contributed by atoms with E-state index in [9.17, 15) is 10.1 Å². The smallest absolute Gasteiger partial charge is 0.258 e. The van der Waals surface area contributed by atoms with Crippen molar-refractivity contribution in [2.75, 3.05) is 0 Å². The Labute approximate surface area is 112 Å². The van der Waals surface area contributed by atoms with E-state index in [0.717, 1.165) is 29.4 Å². The van der Waals surface area contributed by atoms with Crippen LogP contribution in [0, 0.1) is 33.8 Å². The molecule has 0 aromatic carbocycles. The van der Waals surface area contributed by atoms with Gasteiger partial charge in [-0.3, -0.25) is 15.1 Å². The third-order valence-corrected chi connectivity index (χ3v) is 5.55. The molecule has 4 nitrogen and oxygen atoms in total. The van der Waals surface area contributed by atoms with Crippen LogP contribution < -0.4 is 0 Å². The SMILES string of the molecule is O=[N+]([O-])c1ccc(C2C3CC4CC(C3)CC2C4)nc1. The molecule has 0 radical (unpaired) electrons. The van der Waals surface area contributed by atoms with E-state index in [-0.39, 0.29) is 10.6 Å². The van der Waals surface area contributed by atoms with Gasteiger partial charge in [-0.1, -0.05) is 0 Å². The number of hydrogen-bond donors (Lipinski definition) is 0. The largest absolute Gasteiger partial charge is 0.287 e. The molecular weight excluding hydrogens is 240 g/mol. The summed E-state index contributed by atoms with van der Waals surface area (Å²) < 4.78 is 0. The van der Waals surface area contributed by atoms with Crippen molar-refractivity contribution < 1.29 is 4.92 Å². The molecular formula is C15H18N2O2. The van der Waals surface area contributed by atoms with Gasteiger partial charge in [0, 0.05) is 17.7 Å². The van der Waals surface area contributed by atoms with Crippen molar-refractivity contribution in [3.8, 4) is 0 Å². The topological polar surface area (TPSA) is 56.0 Å². The highest BCUT2D eigenvalue weighted by Gasteiger charge is 2.49. The zero-order valence-electron chi connectivity index (χ0n) is 10.9. The van der Waals surface area contributed by atoms with Gasteiger partial charge in [-0.15, -0.1) is 0 Å². The van der Waals surface area contributed by atoms with Crippen molar-refractivity contribution in [1.29, 1.82) is 0 Å². The monoisotopic (exact) mass is 258 g/mol. The molecule has 1 heterocycles. The molecule has 100 valence electrons. The summed E-state index contributed by atoms with van der Waals surface area (Å²) in [6.07, 6.45) is 8.31. The molecule has 0 unspecified atom stereocenters. The Morgan fingerprint density at radius 3 is 2.16 bits per heavy atom. The summed E-state index contributed by atoms with van der Waals surface area (Å²) in [6, 6.07) is 3.51. The average molecular weight is 258 g/mol. The van der Waals surface area contributed by atoms with Gasteiger partial charge in [0.15, 0.2) is 0 Å². The molecule has 1 aromatic heterocycles. The average Bonchev–Trinajstić information content (AvgIpc) is 2.38. The number of hydrogen-bond acceptors (Lipinski definition) is 3. The molecule has 1 aromatic rings. The summed E-state index contributed by atoms with van der Waals surface area (Å²) in [6.45, 7) is 0. The third kappa shape index (κ3) is 1.77. The van der Waals surface area contributed by atoms with Crippen LogP contribution in [0.2, 0.25) is 0 Å². The fourth-order valence-corrected chi connectivity index (χ4v) is 5.11. The van der Waals surface area contributed by atoms with Crippen LogP contribution in [0.25, 0.3) is 0 Å². The maximum absolute atomic E-state index is 10.7. The van der Waals surface area contributed by atoms with Gasteiger partial charge in [-0.05, 0) is 61.8 Å². The van der Waals surface area contributed by atoms with Gasteiger partial charge in [0.05, 0.1) is 4.92 Å². The van der Waals surface area contributed by atoms with Crippen molar-refractivity contribution in [2.24, 2.45) is 23.7 Å². The first-order valence-electron chi connectivity index (χ1n) is 7.31. The summed E-state index contributed by atoms with van der Waals surface area (Å²) in [7, 11) is 0. The third-order valence-electron chi connectivity index (χ3n) is 5.55. The van der Waals surface area contributed by atoms with Gasteiger partial charge in [-0.25, -0.2) is 0 Å². The van der Waals surface area contributed by atoms with Gasteiger partial charge in [0.25, 0.3) is 5.69 Å². The van der Waals surface area contributed by atoms with Crippen molar-refractivity contribution in [2.45, 2.75) is 38.0 Å². The maximum Gasteiger partial charge on any atom is 0.287 e. The minimum Gasteiger partial charge on any atom is -0.258 e. The first-order valence-corrected chi connectivity index (χ1v) is 7.31. The van der Waals surface area contributed by atoms with E-state index in [4.69, 9.17) is 0 Å². The number of nitro groups is 1. The summed E-state index contributed by atoms with van der Waals surface area (Å²) >= 11 is 0. The molecule has 0 saturated heterocycles.